The van der Waals surface area contributed by atoms with Gasteiger partial charge in [-0.25, -0.2) is 0 Å². The van der Waals surface area contributed by atoms with Gasteiger partial charge in [0.05, 0.1) is 12.2 Å². The molecule has 0 radical (unpaired) electrons. The van der Waals surface area contributed by atoms with Crippen molar-refractivity contribution in [2.45, 2.75) is 65.3 Å². The molecule has 0 N–H and O–H groups in total. The molecule has 25 heavy (non-hydrogen) atoms. The first-order valence-electron chi connectivity index (χ1n) is 10.1. The summed E-state index contributed by atoms with van der Waals surface area (Å²) < 4.78 is 5.30. The Hall–Kier alpha value is -1.36. The van der Waals surface area contributed by atoms with Crippen LogP contribution >= 0.6 is 0 Å². The molecule has 1 saturated carbocycles. The molecule has 1 aromatic rings. The van der Waals surface area contributed by atoms with Gasteiger partial charge in [-0.15, -0.1) is 0 Å². The quantitative estimate of drug-likeness (QED) is 0.788. The summed E-state index contributed by atoms with van der Waals surface area (Å²) in [4.78, 5) is 17.3. The van der Waals surface area contributed by atoms with Gasteiger partial charge >= 0.3 is 0 Å². The predicted octanol–water partition coefficient (Wildman–Crippen LogP) is 3.62. The summed E-state index contributed by atoms with van der Waals surface area (Å²) in [5, 5.41) is 3.94. The lowest BCUT2D eigenvalue weighted by Gasteiger charge is -2.37. The average Bonchev–Trinajstić information content (AvgIpc) is 3.05. The molecule has 3 rings (SSSR count). The summed E-state index contributed by atoms with van der Waals surface area (Å²) in [5.74, 6) is 2.47. The number of unbranched alkanes of at least 4 members (excludes halogenated alkanes) is 1. The van der Waals surface area contributed by atoms with E-state index in [0.717, 1.165) is 62.9 Å². The topological polar surface area (TPSA) is 49.6 Å². The largest absolute Gasteiger partial charge is 0.360 e. The van der Waals surface area contributed by atoms with Crippen LogP contribution in [0.25, 0.3) is 0 Å². The van der Waals surface area contributed by atoms with Gasteiger partial charge in [0, 0.05) is 38.2 Å². The second-order valence-corrected chi connectivity index (χ2v) is 7.90. The van der Waals surface area contributed by atoms with Crippen LogP contribution < -0.4 is 0 Å². The Balaban J connectivity index is 1.40. The van der Waals surface area contributed by atoms with Gasteiger partial charge in [0.15, 0.2) is 5.76 Å². The molecular formula is C20H33N3O2. The Morgan fingerprint density at radius 3 is 2.52 bits per heavy atom. The summed E-state index contributed by atoms with van der Waals surface area (Å²) in [6, 6.07) is 1.99. The lowest BCUT2D eigenvalue weighted by molar-refractivity contribution is -0.138. The second-order valence-electron chi connectivity index (χ2n) is 7.90. The molecule has 1 saturated heterocycles. The van der Waals surface area contributed by atoms with Gasteiger partial charge < -0.3 is 9.42 Å². The van der Waals surface area contributed by atoms with E-state index in [4.69, 9.17) is 4.52 Å². The molecule has 1 aromatic heterocycles. The average molecular weight is 348 g/mol. The minimum Gasteiger partial charge on any atom is -0.360 e. The third-order valence-corrected chi connectivity index (χ3v) is 5.90. The highest BCUT2D eigenvalue weighted by Gasteiger charge is 2.31. The van der Waals surface area contributed by atoms with Crippen molar-refractivity contribution < 1.29 is 9.32 Å². The molecule has 0 spiro atoms. The molecule has 1 aliphatic carbocycles. The van der Waals surface area contributed by atoms with Crippen molar-refractivity contribution in [3.63, 3.8) is 0 Å². The highest BCUT2D eigenvalue weighted by atomic mass is 16.5. The molecule has 140 valence electrons. The normalized spacial score (nSPS) is 25.3. The highest BCUT2D eigenvalue weighted by Crippen LogP contribution is 2.33. The number of carbonyl (C=O) groups is 1. The summed E-state index contributed by atoms with van der Waals surface area (Å²) >= 11 is 0. The van der Waals surface area contributed by atoms with Crippen molar-refractivity contribution in [2.75, 3.05) is 26.2 Å². The lowest BCUT2D eigenvalue weighted by atomic mass is 9.79. The fraction of sp³-hybridized carbons (Fsp3) is 0.800. The minimum absolute atomic E-state index is 0.279. The maximum atomic E-state index is 12.8. The van der Waals surface area contributed by atoms with Gasteiger partial charge in [-0.05, 0) is 38.5 Å². The van der Waals surface area contributed by atoms with Crippen LogP contribution in [0.15, 0.2) is 10.6 Å². The first-order chi connectivity index (χ1) is 12.2. The van der Waals surface area contributed by atoms with E-state index >= 15 is 0 Å². The number of aromatic nitrogens is 1. The molecule has 1 aliphatic heterocycles. The third kappa shape index (κ3) is 5.06. The molecule has 5 heteroatoms. The maximum Gasteiger partial charge on any atom is 0.225 e. The van der Waals surface area contributed by atoms with Crippen molar-refractivity contribution in [2.24, 2.45) is 11.8 Å². The molecular weight excluding hydrogens is 314 g/mol. The number of hydrogen-bond acceptors (Lipinski definition) is 4. The SMILES string of the molecule is CCCCC1CCC(C(=O)N2CCN(Cc3cc(C)no3)CC2)CC1. The van der Waals surface area contributed by atoms with E-state index in [9.17, 15) is 4.79 Å². The van der Waals surface area contributed by atoms with Gasteiger partial charge in [0.25, 0.3) is 0 Å². The van der Waals surface area contributed by atoms with E-state index in [0.29, 0.717) is 5.91 Å². The summed E-state index contributed by atoms with van der Waals surface area (Å²) in [6.07, 6.45) is 8.70. The van der Waals surface area contributed by atoms with Gasteiger partial charge in [0.2, 0.25) is 5.91 Å². The van der Waals surface area contributed by atoms with Crippen molar-refractivity contribution in [3.8, 4) is 0 Å². The number of carbonyl (C=O) groups excluding carboxylic acids is 1. The van der Waals surface area contributed by atoms with E-state index in [1.165, 1.54) is 32.1 Å². The van der Waals surface area contributed by atoms with Crippen LogP contribution in [0, 0.1) is 18.8 Å². The van der Waals surface area contributed by atoms with Crippen LogP contribution in [0.5, 0.6) is 0 Å². The molecule has 0 bridgehead atoms. The number of amides is 1. The Bertz CT molecular complexity index is 541. The van der Waals surface area contributed by atoms with Crippen molar-refractivity contribution in [1.82, 2.24) is 15.0 Å². The standard InChI is InChI=1S/C20H33N3O2/c1-3-4-5-17-6-8-18(9-7-17)20(24)23-12-10-22(11-13-23)15-19-14-16(2)21-25-19/h14,17-18H,3-13,15H2,1-2H3. The van der Waals surface area contributed by atoms with Crippen molar-refractivity contribution in [3.05, 3.63) is 17.5 Å². The second kappa shape index (κ2) is 8.84. The zero-order valence-electron chi connectivity index (χ0n) is 15.9. The summed E-state index contributed by atoms with van der Waals surface area (Å²) in [7, 11) is 0. The molecule has 2 heterocycles. The van der Waals surface area contributed by atoms with Gasteiger partial charge in [-0.2, -0.15) is 0 Å². The predicted molar refractivity (Wildman–Crippen MR) is 98.1 cm³/mol. The molecule has 2 fully saturated rings. The van der Waals surface area contributed by atoms with Gasteiger partial charge in [-0.1, -0.05) is 31.3 Å². The minimum atomic E-state index is 0.279. The Morgan fingerprint density at radius 2 is 1.92 bits per heavy atom. The van der Waals surface area contributed by atoms with Crippen LogP contribution in [0.1, 0.15) is 63.3 Å². The smallest absolute Gasteiger partial charge is 0.225 e. The summed E-state index contributed by atoms with van der Waals surface area (Å²) in [5.41, 5.74) is 0.929. The maximum absolute atomic E-state index is 12.8. The van der Waals surface area contributed by atoms with Crippen LogP contribution in [0.4, 0.5) is 0 Å². The monoisotopic (exact) mass is 347 g/mol. The van der Waals surface area contributed by atoms with E-state index in [-0.39, 0.29) is 5.92 Å². The highest BCUT2D eigenvalue weighted by molar-refractivity contribution is 5.79. The molecule has 2 aliphatic rings. The van der Waals surface area contributed by atoms with Crippen LogP contribution in [0.2, 0.25) is 0 Å². The Kier molecular flexibility index (Phi) is 6.51. The molecule has 0 atom stereocenters. The molecule has 0 unspecified atom stereocenters. The molecule has 1 amide bonds. The number of aryl methyl sites for hydroxylation is 1. The zero-order valence-corrected chi connectivity index (χ0v) is 15.9. The van der Waals surface area contributed by atoms with Gasteiger partial charge in [0.1, 0.15) is 0 Å². The summed E-state index contributed by atoms with van der Waals surface area (Å²) in [6.45, 7) is 8.56. The molecule has 5 nitrogen and oxygen atoms in total. The fourth-order valence-corrected chi connectivity index (χ4v) is 4.29. The zero-order chi connectivity index (χ0) is 17.6. The third-order valence-electron chi connectivity index (χ3n) is 5.90. The first-order valence-corrected chi connectivity index (χ1v) is 10.1. The Morgan fingerprint density at radius 1 is 1.20 bits per heavy atom. The van der Waals surface area contributed by atoms with Crippen molar-refractivity contribution in [1.29, 1.82) is 0 Å². The number of rotatable bonds is 6. The lowest BCUT2D eigenvalue weighted by Crippen LogP contribution is -2.50. The van der Waals surface area contributed by atoms with Gasteiger partial charge in [-0.3, -0.25) is 9.69 Å². The van der Waals surface area contributed by atoms with Crippen LogP contribution in [-0.2, 0) is 11.3 Å². The molecule has 0 aromatic carbocycles. The van der Waals surface area contributed by atoms with Crippen LogP contribution in [0.3, 0.4) is 0 Å². The number of nitrogens with zero attached hydrogens (tertiary/aromatic N) is 3. The fourth-order valence-electron chi connectivity index (χ4n) is 4.29. The number of hydrogen-bond donors (Lipinski definition) is 0. The van der Waals surface area contributed by atoms with Crippen molar-refractivity contribution >= 4 is 5.91 Å². The van der Waals surface area contributed by atoms with E-state index in [1.807, 2.05) is 13.0 Å². The van der Waals surface area contributed by atoms with E-state index < -0.39 is 0 Å². The van der Waals surface area contributed by atoms with E-state index in [2.05, 4.69) is 21.9 Å². The first kappa shape index (κ1) is 18.4. The van der Waals surface area contributed by atoms with Crippen LogP contribution in [-0.4, -0.2) is 47.0 Å². The number of piperazine rings is 1. The van der Waals surface area contributed by atoms with E-state index in [1.54, 1.807) is 0 Å². The Labute approximate surface area is 151 Å².